The van der Waals surface area contributed by atoms with Crippen LogP contribution in [0.2, 0.25) is 0 Å². The Kier molecular flexibility index (Phi) is 4.51. The number of ether oxygens (including phenoxy) is 1. The lowest BCUT2D eigenvalue weighted by atomic mass is 9.90. The molecule has 1 amide bonds. The lowest BCUT2D eigenvalue weighted by molar-refractivity contribution is -0.116. The maximum absolute atomic E-state index is 13.5. The maximum atomic E-state index is 13.5. The number of carbonyl (C=O) groups excluding carboxylic acids is 1. The fourth-order valence-corrected chi connectivity index (χ4v) is 4.80. The number of fused-ring (bicyclic) bond motifs is 3. The molecule has 0 spiro atoms. The molecule has 0 aliphatic carbocycles. The Bertz CT molecular complexity index is 1240. The Labute approximate surface area is 179 Å². The molecule has 1 atom stereocenters. The SMILES string of the molecule is CC(=O)N1CC(C)(C)c2c1cc(Cc1ccc(F)cc1)c1nn([C@@H]3CCOC3)c(=O)n21. The van der Waals surface area contributed by atoms with E-state index in [-0.39, 0.29) is 23.5 Å². The van der Waals surface area contributed by atoms with Gasteiger partial charge in [0.15, 0.2) is 5.65 Å². The van der Waals surface area contributed by atoms with Crippen molar-refractivity contribution in [2.45, 2.75) is 45.1 Å². The second-order valence-electron chi connectivity index (χ2n) is 9.10. The lowest BCUT2D eigenvalue weighted by Gasteiger charge is -2.19. The zero-order chi connectivity index (χ0) is 21.9. The minimum absolute atomic E-state index is 0.0662. The van der Waals surface area contributed by atoms with Crippen molar-refractivity contribution in [2.24, 2.45) is 0 Å². The maximum Gasteiger partial charge on any atom is 0.351 e. The van der Waals surface area contributed by atoms with Gasteiger partial charge in [-0.3, -0.25) is 4.79 Å². The summed E-state index contributed by atoms with van der Waals surface area (Å²) >= 11 is 0. The van der Waals surface area contributed by atoms with Gasteiger partial charge in [0, 0.05) is 37.5 Å². The van der Waals surface area contributed by atoms with E-state index in [1.165, 1.54) is 23.7 Å². The zero-order valence-electron chi connectivity index (χ0n) is 17.9. The zero-order valence-corrected chi connectivity index (χ0v) is 17.9. The van der Waals surface area contributed by atoms with E-state index in [0.717, 1.165) is 28.9 Å². The molecule has 1 fully saturated rings. The Morgan fingerprint density at radius 1 is 1.29 bits per heavy atom. The average Bonchev–Trinajstić information content (AvgIpc) is 3.41. The molecular formula is C23H25FN4O3. The molecular weight excluding hydrogens is 399 g/mol. The summed E-state index contributed by atoms with van der Waals surface area (Å²) in [6.07, 6.45) is 1.21. The van der Waals surface area contributed by atoms with Crippen LogP contribution in [-0.2, 0) is 21.4 Å². The summed E-state index contributed by atoms with van der Waals surface area (Å²) in [4.78, 5) is 27.7. The van der Waals surface area contributed by atoms with E-state index in [1.54, 1.807) is 21.4 Å². The molecule has 0 radical (unpaired) electrons. The fraction of sp³-hybridized carbons (Fsp3) is 0.435. The van der Waals surface area contributed by atoms with E-state index in [1.807, 2.05) is 19.9 Å². The summed E-state index contributed by atoms with van der Waals surface area (Å²) in [5, 5.41) is 4.73. The molecule has 1 aromatic carbocycles. The molecule has 0 N–H and O–H groups in total. The van der Waals surface area contributed by atoms with Crippen LogP contribution in [0.4, 0.5) is 10.1 Å². The van der Waals surface area contributed by atoms with Gasteiger partial charge in [0.2, 0.25) is 5.91 Å². The smallest absolute Gasteiger partial charge is 0.351 e. The molecule has 2 aromatic heterocycles. The molecule has 8 heteroatoms. The van der Waals surface area contributed by atoms with E-state index in [9.17, 15) is 14.0 Å². The van der Waals surface area contributed by atoms with Crippen LogP contribution in [0.1, 0.15) is 50.1 Å². The summed E-state index contributed by atoms with van der Waals surface area (Å²) in [5.74, 6) is -0.363. The van der Waals surface area contributed by atoms with Crippen molar-refractivity contribution in [3.05, 3.63) is 63.5 Å². The third-order valence-electron chi connectivity index (χ3n) is 6.29. The average molecular weight is 424 g/mol. The quantitative estimate of drug-likeness (QED) is 0.648. The molecule has 5 rings (SSSR count). The highest BCUT2D eigenvalue weighted by Gasteiger charge is 2.41. The van der Waals surface area contributed by atoms with Crippen LogP contribution in [-0.4, -0.2) is 39.8 Å². The van der Waals surface area contributed by atoms with E-state index < -0.39 is 5.41 Å². The Balaban J connectivity index is 1.77. The van der Waals surface area contributed by atoms with Gasteiger partial charge >= 0.3 is 5.69 Å². The first-order valence-corrected chi connectivity index (χ1v) is 10.5. The number of rotatable bonds is 3. The monoisotopic (exact) mass is 424 g/mol. The number of amides is 1. The van der Waals surface area contributed by atoms with Gasteiger partial charge in [0.1, 0.15) is 5.82 Å². The number of aromatic nitrogens is 3. The Morgan fingerprint density at radius 3 is 2.68 bits per heavy atom. The van der Waals surface area contributed by atoms with Crippen LogP contribution in [0.5, 0.6) is 0 Å². The summed E-state index contributed by atoms with van der Waals surface area (Å²) < 4.78 is 22.1. The van der Waals surface area contributed by atoms with E-state index in [4.69, 9.17) is 9.84 Å². The standard InChI is InChI=1S/C23H25FN4O3/c1-14(29)26-13-23(2,3)20-19(26)11-16(10-15-4-6-17(24)7-5-15)21-25-28(22(30)27(20)21)18-8-9-31-12-18/h4-7,11,18H,8-10,12-13H2,1-3H3/t18-/m1/s1. The Morgan fingerprint density at radius 2 is 2.03 bits per heavy atom. The van der Waals surface area contributed by atoms with E-state index in [2.05, 4.69) is 0 Å². The molecule has 2 aliphatic heterocycles. The second-order valence-corrected chi connectivity index (χ2v) is 9.10. The first kappa shape index (κ1) is 19.9. The van der Waals surface area contributed by atoms with Gasteiger partial charge in [0.25, 0.3) is 0 Å². The number of benzene rings is 1. The number of anilines is 1. The second kappa shape index (κ2) is 7.02. The van der Waals surface area contributed by atoms with Crippen LogP contribution in [0.3, 0.4) is 0 Å². The third-order valence-corrected chi connectivity index (χ3v) is 6.29. The highest BCUT2D eigenvalue weighted by atomic mass is 19.1. The van der Waals surface area contributed by atoms with Crippen molar-refractivity contribution in [3.63, 3.8) is 0 Å². The molecule has 162 valence electrons. The first-order valence-electron chi connectivity index (χ1n) is 10.5. The van der Waals surface area contributed by atoms with Gasteiger partial charge in [-0.05, 0) is 30.2 Å². The molecule has 31 heavy (non-hydrogen) atoms. The molecule has 3 aromatic rings. The highest BCUT2D eigenvalue weighted by molar-refractivity contribution is 5.95. The first-order chi connectivity index (χ1) is 14.8. The molecule has 2 aliphatic rings. The van der Waals surface area contributed by atoms with Gasteiger partial charge < -0.3 is 9.64 Å². The van der Waals surface area contributed by atoms with Gasteiger partial charge in [0.05, 0.1) is 24.0 Å². The predicted molar refractivity (Wildman–Crippen MR) is 114 cm³/mol. The summed E-state index contributed by atoms with van der Waals surface area (Å²) in [6, 6.07) is 8.16. The summed E-state index contributed by atoms with van der Waals surface area (Å²) in [6.45, 7) is 7.18. The molecule has 0 bridgehead atoms. The number of hydrogen-bond acceptors (Lipinski definition) is 4. The number of nitrogens with zero attached hydrogens (tertiary/aromatic N) is 4. The van der Waals surface area contributed by atoms with Gasteiger partial charge in [-0.15, -0.1) is 5.10 Å². The van der Waals surface area contributed by atoms with Crippen LogP contribution < -0.4 is 10.6 Å². The predicted octanol–water partition coefficient (Wildman–Crippen LogP) is 2.83. The number of halogens is 1. The fourth-order valence-electron chi connectivity index (χ4n) is 4.80. The van der Waals surface area contributed by atoms with Crippen molar-refractivity contribution >= 4 is 17.2 Å². The number of hydrogen-bond donors (Lipinski definition) is 0. The van der Waals surface area contributed by atoms with Crippen molar-refractivity contribution in [3.8, 4) is 0 Å². The van der Waals surface area contributed by atoms with Crippen molar-refractivity contribution in [2.75, 3.05) is 24.7 Å². The third kappa shape index (κ3) is 3.17. The largest absolute Gasteiger partial charge is 0.379 e. The molecule has 4 heterocycles. The van der Waals surface area contributed by atoms with E-state index >= 15 is 0 Å². The Hall–Kier alpha value is -3.00. The van der Waals surface area contributed by atoms with Crippen LogP contribution >= 0.6 is 0 Å². The van der Waals surface area contributed by atoms with E-state index in [0.29, 0.717) is 31.8 Å². The lowest BCUT2D eigenvalue weighted by Crippen LogP contribution is -2.33. The normalized spacial score (nSPS) is 19.9. The highest BCUT2D eigenvalue weighted by Crippen LogP contribution is 2.41. The number of pyridine rings is 1. The van der Waals surface area contributed by atoms with Crippen LogP contribution in [0.15, 0.2) is 35.1 Å². The summed E-state index contributed by atoms with van der Waals surface area (Å²) in [5.41, 5.74) is 3.24. The summed E-state index contributed by atoms with van der Waals surface area (Å²) in [7, 11) is 0. The van der Waals surface area contributed by atoms with Gasteiger partial charge in [-0.25, -0.2) is 18.3 Å². The van der Waals surface area contributed by atoms with Crippen molar-refractivity contribution in [1.29, 1.82) is 0 Å². The molecule has 0 saturated carbocycles. The van der Waals surface area contributed by atoms with Crippen molar-refractivity contribution in [1.82, 2.24) is 14.2 Å². The topological polar surface area (TPSA) is 68.8 Å². The molecule has 1 saturated heterocycles. The minimum Gasteiger partial charge on any atom is -0.379 e. The molecule has 7 nitrogen and oxygen atoms in total. The number of carbonyl (C=O) groups is 1. The molecule has 0 unspecified atom stereocenters. The minimum atomic E-state index is -0.405. The van der Waals surface area contributed by atoms with Gasteiger partial charge in [-0.1, -0.05) is 26.0 Å². The van der Waals surface area contributed by atoms with Crippen molar-refractivity contribution < 1.29 is 13.9 Å². The van der Waals surface area contributed by atoms with Crippen LogP contribution in [0, 0.1) is 5.82 Å². The van der Waals surface area contributed by atoms with Crippen LogP contribution in [0.25, 0.3) is 5.65 Å². The van der Waals surface area contributed by atoms with Gasteiger partial charge in [-0.2, -0.15) is 0 Å².